The van der Waals surface area contributed by atoms with E-state index in [0.717, 1.165) is 34.9 Å². The van der Waals surface area contributed by atoms with Gasteiger partial charge in [-0.25, -0.2) is 0 Å². The normalized spacial score (nSPS) is 24.0. The van der Waals surface area contributed by atoms with Crippen LogP contribution >= 0.6 is 22.6 Å². The average Bonchev–Trinajstić information content (AvgIpc) is 2.50. The number of anilines is 1. The van der Waals surface area contributed by atoms with Gasteiger partial charge in [0.2, 0.25) is 11.8 Å². The van der Waals surface area contributed by atoms with E-state index in [1.54, 1.807) is 4.90 Å². The molecule has 0 aromatic heterocycles. The monoisotopic (exact) mass is 398 g/mol. The third-order valence-corrected chi connectivity index (χ3v) is 5.06. The molecule has 2 aliphatic rings. The summed E-state index contributed by atoms with van der Waals surface area (Å²) in [6.45, 7) is 0.127. The smallest absolute Gasteiger partial charge is 0.250 e. The van der Waals surface area contributed by atoms with Crippen molar-refractivity contribution < 1.29 is 9.59 Å². The summed E-state index contributed by atoms with van der Waals surface area (Å²) in [5.74, 6) is 0.285. The topological polar surface area (TPSA) is 49.4 Å². The largest absolute Gasteiger partial charge is 0.342 e. The lowest BCUT2D eigenvalue weighted by Crippen LogP contribution is -2.61. The molecular formula is C16H19IN2O2. The highest BCUT2D eigenvalue weighted by Crippen LogP contribution is 2.30. The van der Waals surface area contributed by atoms with Crippen molar-refractivity contribution in [1.82, 2.24) is 5.32 Å². The minimum Gasteiger partial charge on any atom is -0.342 e. The molecule has 1 aromatic rings. The van der Waals surface area contributed by atoms with Crippen molar-refractivity contribution in [2.45, 2.75) is 38.1 Å². The zero-order valence-corrected chi connectivity index (χ0v) is 14.0. The molecule has 1 N–H and O–H groups in total. The molecule has 2 fully saturated rings. The first-order chi connectivity index (χ1) is 10.1. The molecule has 1 aliphatic carbocycles. The summed E-state index contributed by atoms with van der Waals surface area (Å²) in [4.78, 5) is 26.5. The first kappa shape index (κ1) is 14.8. The minimum absolute atomic E-state index is 0.0449. The van der Waals surface area contributed by atoms with Crippen LogP contribution in [0.3, 0.4) is 0 Å². The fraction of sp³-hybridized carbons (Fsp3) is 0.500. The zero-order chi connectivity index (χ0) is 14.8. The van der Waals surface area contributed by atoms with Crippen LogP contribution < -0.4 is 10.2 Å². The number of hydrogen-bond donors (Lipinski definition) is 1. The Bertz CT molecular complexity index is 555. The first-order valence-electron chi connectivity index (χ1n) is 7.51. The zero-order valence-electron chi connectivity index (χ0n) is 11.8. The molecule has 1 atom stereocenters. The van der Waals surface area contributed by atoms with Crippen LogP contribution in [0.1, 0.15) is 32.1 Å². The standard InChI is InChI=1S/C16H19IN2O2/c17-12-7-4-8-13(9-12)19-10-14(20)18-15(16(19)21)11-5-2-1-3-6-11/h4,7-9,11,15H,1-3,5-6,10H2,(H,18,20). The molecule has 0 bridgehead atoms. The van der Waals surface area contributed by atoms with E-state index >= 15 is 0 Å². The van der Waals surface area contributed by atoms with Crippen LogP contribution in [0.15, 0.2) is 24.3 Å². The van der Waals surface area contributed by atoms with E-state index < -0.39 is 0 Å². The third-order valence-electron chi connectivity index (χ3n) is 4.39. The summed E-state index contributed by atoms with van der Waals surface area (Å²) in [7, 11) is 0. The van der Waals surface area contributed by atoms with Gasteiger partial charge in [0.1, 0.15) is 12.6 Å². The van der Waals surface area contributed by atoms with Crippen LogP contribution in [0, 0.1) is 9.49 Å². The molecule has 112 valence electrons. The second-order valence-electron chi connectivity index (χ2n) is 5.85. The second kappa shape index (κ2) is 6.34. The first-order valence-corrected chi connectivity index (χ1v) is 8.59. The van der Waals surface area contributed by atoms with Crippen molar-refractivity contribution in [3.8, 4) is 0 Å². The van der Waals surface area contributed by atoms with E-state index in [4.69, 9.17) is 0 Å². The Labute approximate surface area is 138 Å². The molecule has 5 heteroatoms. The number of piperazine rings is 1. The maximum atomic E-state index is 12.8. The Balaban J connectivity index is 1.84. The van der Waals surface area contributed by atoms with Gasteiger partial charge in [-0.1, -0.05) is 25.3 Å². The molecular weight excluding hydrogens is 379 g/mol. The molecule has 1 aliphatic heterocycles. The molecule has 4 nitrogen and oxygen atoms in total. The maximum absolute atomic E-state index is 12.8. The average molecular weight is 398 g/mol. The van der Waals surface area contributed by atoms with E-state index in [1.807, 2.05) is 24.3 Å². The molecule has 2 amide bonds. The van der Waals surface area contributed by atoms with Gasteiger partial charge in [0.05, 0.1) is 0 Å². The lowest BCUT2D eigenvalue weighted by molar-refractivity contribution is -0.132. The molecule has 1 aromatic carbocycles. The van der Waals surface area contributed by atoms with Crippen molar-refractivity contribution in [3.63, 3.8) is 0 Å². The Hall–Kier alpha value is -1.11. The predicted molar refractivity (Wildman–Crippen MR) is 90.0 cm³/mol. The van der Waals surface area contributed by atoms with Crippen molar-refractivity contribution >= 4 is 40.1 Å². The number of benzene rings is 1. The van der Waals surface area contributed by atoms with Gasteiger partial charge in [-0.05, 0) is 59.5 Å². The molecule has 21 heavy (non-hydrogen) atoms. The Morgan fingerprint density at radius 2 is 1.90 bits per heavy atom. The van der Waals surface area contributed by atoms with E-state index in [1.165, 1.54) is 6.42 Å². The second-order valence-corrected chi connectivity index (χ2v) is 7.09. The lowest BCUT2D eigenvalue weighted by Gasteiger charge is -2.37. The van der Waals surface area contributed by atoms with Crippen LogP contribution in [0.2, 0.25) is 0 Å². The minimum atomic E-state index is -0.343. The van der Waals surface area contributed by atoms with Gasteiger partial charge in [-0.3, -0.25) is 9.59 Å². The molecule has 0 radical (unpaired) electrons. The van der Waals surface area contributed by atoms with Crippen LogP contribution in [0.5, 0.6) is 0 Å². The van der Waals surface area contributed by atoms with Crippen molar-refractivity contribution in [1.29, 1.82) is 0 Å². The number of carbonyl (C=O) groups excluding carboxylic acids is 2. The van der Waals surface area contributed by atoms with Crippen molar-refractivity contribution in [2.75, 3.05) is 11.4 Å². The van der Waals surface area contributed by atoms with E-state index in [9.17, 15) is 9.59 Å². The fourth-order valence-corrected chi connectivity index (χ4v) is 3.85. The van der Waals surface area contributed by atoms with Crippen LogP contribution in [-0.4, -0.2) is 24.4 Å². The molecule has 1 unspecified atom stereocenters. The number of nitrogens with zero attached hydrogens (tertiary/aromatic N) is 1. The molecule has 3 rings (SSSR count). The molecule has 1 saturated carbocycles. The highest BCUT2D eigenvalue weighted by Gasteiger charge is 2.38. The van der Waals surface area contributed by atoms with Gasteiger partial charge < -0.3 is 10.2 Å². The summed E-state index contributed by atoms with van der Waals surface area (Å²) in [6.07, 6.45) is 5.64. The van der Waals surface area contributed by atoms with Gasteiger partial charge in [0.15, 0.2) is 0 Å². The quantitative estimate of drug-likeness (QED) is 0.779. The van der Waals surface area contributed by atoms with Gasteiger partial charge in [-0.2, -0.15) is 0 Å². The third kappa shape index (κ3) is 3.22. The van der Waals surface area contributed by atoms with Gasteiger partial charge in [0, 0.05) is 9.26 Å². The van der Waals surface area contributed by atoms with Gasteiger partial charge in [-0.15, -0.1) is 0 Å². The van der Waals surface area contributed by atoms with Gasteiger partial charge >= 0.3 is 0 Å². The predicted octanol–water partition coefficient (Wildman–Crippen LogP) is 2.70. The Morgan fingerprint density at radius 1 is 1.14 bits per heavy atom. The molecule has 0 spiro atoms. The summed E-state index contributed by atoms with van der Waals surface area (Å²) in [6, 6.07) is 7.42. The highest BCUT2D eigenvalue weighted by molar-refractivity contribution is 14.1. The van der Waals surface area contributed by atoms with E-state index in [2.05, 4.69) is 27.9 Å². The number of hydrogen-bond acceptors (Lipinski definition) is 2. The number of rotatable bonds is 2. The van der Waals surface area contributed by atoms with E-state index in [-0.39, 0.29) is 24.4 Å². The summed E-state index contributed by atoms with van der Waals surface area (Å²) in [5, 5.41) is 2.92. The van der Waals surface area contributed by atoms with Gasteiger partial charge in [0.25, 0.3) is 0 Å². The SMILES string of the molecule is O=C1CN(c2cccc(I)c2)C(=O)C(C2CCCCC2)N1. The van der Waals surface area contributed by atoms with Crippen LogP contribution in [0.4, 0.5) is 5.69 Å². The fourth-order valence-electron chi connectivity index (χ4n) is 3.32. The molecule has 1 saturated heterocycles. The summed E-state index contributed by atoms with van der Waals surface area (Å²) in [5.41, 5.74) is 0.822. The number of nitrogens with one attached hydrogen (secondary N) is 1. The number of amides is 2. The van der Waals surface area contributed by atoms with Crippen molar-refractivity contribution in [2.24, 2.45) is 5.92 Å². The Morgan fingerprint density at radius 3 is 2.62 bits per heavy atom. The summed E-state index contributed by atoms with van der Waals surface area (Å²) >= 11 is 2.22. The molecule has 1 heterocycles. The summed E-state index contributed by atoms with van der Waals surface area (Å²) < 4.78 is 1.07. The number of carbonyl (C=O) groups is 2. The van der Waals surface area contributed by atoms with Crippen LogP contribution in [0.25, 0.3) is 0 Å². The van der Waals surface area contributed by atoms with Crippen LogP contribution in [-0.2, 0) is 9.59 Å². The lowest BCUT2D eigenvalue weighted by atomic mass is 9.82. The van der Waals surface area contributed by atoms with Crippen molar-refractivity contribution in [3.05, 3.63) is 27.8 Å². The Kier molecular flexibility index (Phi) is 4.47. The van der Waals surface area contributed by atoms with E-state index in [0.29, 0.717) is 5.92 Å². The maximum Gasteiger partial charge on any atom is 0.250 e. The highest BCUT2D eigenvalue weighted by atomic mass is 127. The number of halogens is 1.